The van der Waals surface area contributed by atoms with E-state index in [1.807, 2.05) is 6.08 Å². The van der Waals surface area contributed by atoms with Crippen LogP contribution in [0.15, 0.2) is 34.9 Å². The highest BCUT2D eigenvalue weighted by atomic mass is 16.3. The van der Waals surface area contributed by atoms with Crippen LogP contribution in [0.3, 0.4) is 0 Å². The first-order valence-corrected chi connectivity index (χ1v) is 9.58. The van der Waals surface area contributed by atoms with Crippen molar-refractivity contribution in [1.29, 1.82) is 0 Å². The lowest BCUT2D eigenvalue weighted by Gasteiger charge is -2.43. The quantitative estimate of drug-likeness (QED) is 0.629. The molecule has 0 aromatic rings. The first kappa shape index (κ1) is 18.8. The Morgan fingerprint density at radius 1 is 1.24 bits per heavy atom. The van der Waals surface area contributed by atoms with Gasteiger partial charge in [-0.15, -0.1) is 0 Å². The van der Waals surface area contributed by atoms with Gasteiger partial charge in [-0.2, -0.15) is 0 Å². The van der Waals surface area contributed by atoms with Crippen LogP contribution in [0.4, 0.5) is 0 Å². The molecule has 1 saturated carbocycles. The molecule has 0 spiro atoms. The summed E-state index contributed by atoms with van der Waals surface area (Å²) in [7, 11) is 0. The van der Waals surface area contributed by atoms with Crippen LogP contribution in [0.2, 0.25) is 0 Å². The maximum Gasteiger partial charge on any atom is 0.0804 e. The monoisotopic (exact) mass is 348 g/mol. The van der Waals surface area contributed by atoms with Crippen LogP contribution in [-0.4, -0.2) is 45.3 Å². The number of rotatable bonds is 4. The van der Waals surface area contributed by atoms with E-state index in [2.05, 4.69) is 26.0 Å². The van der Waals surface area contributed by atoms with Crippen molar-refractivity contribution in [3.05, 3.63) is 34.9 Å². The van der Waals surface area contributed by atoms with Gasteiger partial charge >= 0.3 is 0 Å². The average molecular weight is 348 g/mol. The van der Waals surface area contributed by atoms with Gasteiger partial charge in [-0.1, -0.05) is 30.7 Å². The number of aliphatic hydroxyl groups is 4. The molecule has 3 rings (SSSR count). The minimum Gasteiger partial charge on any atom is -0.394 e. The number of aliphatic hydroxyl groups excluding tert-OH is 4. The number of hydrogen-bond donors (Lipinski definition) is 4. The third-order valence-corrected chi connectivity index (χ3v) is 6.83. The second kappa shape index (κ2) is 7.36. The molecular formula is C21H32O4. The van der Waals surface area contributed by atoms with Crippen LogP contribution < -0.4 is 0 Å². The van der Waals surface area contributed by atoms with Crippen molar-refractivity contribution in [2.45, 2.75) is 70.7 Å². The van der Waals surface area contributed by atoms with Crippen molar-refractivity contribution in [2.24, 2.45) is 17.3 Å². The van der Waals surface area contributed by atoms with Crippen molar-refractivity contribution in [2.75, 3.05) is 6.61 Å². The van der Waals surface area contributed by atoms with E-state index < -0.39 is 12.2 Å². The second-order valence-electron chi connectivity index (χ2n) is 8.47. The average Bonchev–Trinajstić information content (AvgIpc) is 2.91. The van der Waals surface area contributed by atoms with E-state index in [-0.39, 0.29) is 24.0 Å². The summed E-state index contributed by atoms with van der Waals surface area (Å²) in [6.07, 6.45) is 9.64. The lowest BCUT2D eigenvalue weighted by Crippen LogP contribution is -2.42. The molecular weight excluding hydrogens is 316 g/mol. The summed E-state index contributed by atoms with van der Waals surface area (Å²) in [6, 6.07) is 0. The summed E-state index contributed by atoms with van der Waals surface area (Å²) in [5.41, 5.74) is 3.48. The van der Waals surface area contributed by atoms with E-state index in [0.29, 0.717) is 18.8 Å². The third-order valence-electron chi connectivity index (χ3n) is 6.83. The minimum absolute atomic E-state index is 0.0201. The number of allylic oxidation sites excluding steroid dienone is 4. The standard InChI is InChI=1S/C21H32O4/c1-13-3-6-16(23)9-14(13)4-5-15-10-17(24)11-21(2)18(15)7-8-19(21)20(25)12-22/h4-5,10,16-20,22-25H,3,6-9,11-12H2,1-2H3/b5-4+/t16-,17-,18+,19-,20+,21+/m1/s1. The van der Waals surface area contributed by atoms with Crippen LogP contribution in [-0.2, 0) is 0 Å². The fourth-order valence-electron chi connectivity index (χ4n) is 5.36. The first-order chi connectivity index (χ1) is 11.8. The van der Waals surface area contributed by atoms with E-state index >= 15 is 0 Å². The third kappa shape index (κ3) is 3.63. The Morgan fingerprint density at radius 2 is 2.00 bits per heavy atom. The first-order valence-electron chi connectivity index (χ1n) is 9.58. The van der Waals surface area contributed by atoms with Crippen molar-refractivity contribution in [3.63, 3.8) is 0 Å². The predicted molar refractivity (Wildman–Crippen MR) is 97.8 cm³/mol. The lowest BCUT2D eigenvalue weighted by atomic mass is 9.63. The fourth-order valence-corrected chi connectivity index (χ4v) is 5.36. The molecule has 3 aliphatic rings. The van der Waals surface area contributed by atoms with Crippen molar-refractivity contribution in [1.82, 2.24) is 0 Å². The Morgan fingerprint density at radius 3 is 2.72 bits per heavy atom. The smallest absolute Gasteiger partial charge is 0.0804 e. The van der Waals surface area contributed by atoms with Gasteiger partial charge < -0.3 is 20.4 Å². The zero-order valence-electron chi connectivity index (χ0n) is 15.4. The highest BCUT2D eigenvalue weighted by molar-refractivity contribution is 5.37. The second-order valence-corrected chi connectivity index (χ2v) is 8.47. The highest BCUT2D eigenvalue weighted by Crippen LogP contribution is 2.57. The molecule has 4 N–H and O–H groups in total. The Labute approximate surface area is 150 Å². The molecule has 0 aromatic carbocycles. The Balaban J connectivity index is 1.84. The molecule has 0 aromatic heterocycles. The summed E-state index contributed by atoms with van der Waals surface area (Å²) in [5, 5.41) is 39.9. The van der Waals surface area contributed by atoms with E-state index in [9.17, 15) is 20.4 Å². The van der Waals surface area contributed by atoms with E-state index in [1.165, 1.54) is 11.1 Å². The summed E-state index contributed by atoms with van der Waals surface area (Å²) >= 11 is 0. The van der Waals surface area contributed by atoms with Gasteiger partial charge in [0.1, 0.15) is 0 Å². The summed E-state index contributed by atoms with van der Waals surface area (Å²) in [6.45, 7) is 4.05. The minimum atomic E-state index is -0.719. The molecule has 4 heteroatoms. The van der Waals surface area contributed by atoms with E-state index in [1.54, 1.807) is 0 Å². The van der Waals surface area contributed by atoms with Gasteiger partial charge in [-0.25, -0.2) is 0 Å². The van der Waals surface area contributed by atoms with Gasteiger partial charge in [-0.05, 0) is 73.8 Å². The lowest BCUT2D eigenvalue weighted by molar-refractivity contribution is -0.0237. The number of hydrogen-bond acceptors (Lipinski definition) is 4. The summed E-state index contributed by atoms with van der Waals surface area (Å²) in [5.74, 6) is 0.319. The SMILES string of the molecule is CC1=C(/C=C/C2=C[C@@H](O)C[C@]3(C)[C@@H]([C@@H](O)CO)CC[C@@H]23)C[C@H](O)CC1. The van der Waals surface area contributed by atoms with Gasteiger partial charge in [0.05, 0.1) is 24.9 Å². The molecule has 140 valence electrons. The van der Waals surface area contributed by atoms with Crippen LogP contribution in [0.5, 0.6) is 0 Å². The van der Waals surface area contributed by atoms with Crippen molar-refractivity contribution >= 4 is 0 Å². The van der Waals surface area contributed by atoms with Gasteiger partial charge in [-0.3, -0.25) is 0 Å². The molecule has 25 heavy (non-hydrogen) atoms. The van der Waals surface area contributed by atoms with Gasteiger partial charge in [0.2, 0.25) is 0 Å². The topological polar surface area (TPSA) is 80.9 Å². The van der Waals surface area contributed by atoms with Gasteiger partial charge in [0.25, 0.3) is 0 Å². The molecule has 0 unspecified atom stereocenters. The Kier molecular flexibility index (Phi) is 5.54. The van der Waals surface area contributed by atoms with Crippen molar-refractivity contribution in [3.8, 4) is 0 Å². The molecule has 3 aliphatic carbocycles. The normalized spacial score (nSPS) is 40.3. The summed E-state index contributed by atoms with van der Waals surface area (Å²) < 4.78 is 0. The van der Waals surface area contributed by atoms with E-state index in [0.717, 1.165) is 31.3 Å². The van der Waals surface area contributed by atoms with Crippen LogP contribution in [0.1, 0.15) is 52.4 Å². The van der Waals surface area contributed by atoms with Gasteiger partial charge in [0, 0.05) is 0 Å². The van der Waals surface area contributed by atoms with Crippen LogP contribution in [0, 0.1) is 17.3 Å². The van der Waals surface area contributed by atoms with Gasteiger partial charge in [0.15, 0.2) is 0 Å². The molecule has 0 aliphatic heterocycles. The molecule has 0 bridgehead atoms. The molecule has 0 saturated heterocycles. The Hall–Kier alpha value is -0.940. The van der Waals surface area contributed by atoms with Crippen molar-refractivity contribution < 1.29 is 20.4 Å². The molecule has 0 amide bonds. The van der Waals surface area contributed by atoms with Crippen LogP contribution >= 0.6 is 0 Å². The molecule has 6 atom stereocenters. The van der Waals surface area contributed by atoms with E-state index in [4.69, 9.17) is 0 Å². The fraction of sp³-hybridized carbons (Fsp3) is 0.714. The maximum absolute atomic E-state index is 10.4. The Bertz CT molecular complexity index is 591. The molecule has 0 heterocycles. The molecule has 4 nitrogen and oxygen atoms in total. The highest BCUT2D eigenvalue weighted by Gasteiger charge is 2.52. The summed E-state index contributed by atoms with van der Waals surface area (Å²) in [4.78, 5) is 0. The molecule has 0 radical (unpaired) electrons. The number of fused-ring (bicyclic) bond motifs is 1. The zero-order valence-corrected chi connectivity index (χ0v) is 15.4. The zero-order chi connectivity index (χ0) is 18.2. The maximum atomic E-state index is 10.4. The molecule has 1 fully saturated rings. The predicted octanol–water partition coefficient (Wildman–Crippen LogP) is 2.48. The van der Waals surface area contributed by atoms with Crippen LogP contribution in [0.25, 0.3) is 0 Å². The largest absolute Gasteiger partial charge is 0.394 e.